The molecule has 1 fully saturated rings. The molecule has 0 aliphatic heterocycles. The van der Waals surface area contributed by atoms with Crippen LogP contribution in [0, 0.1) is 12.8 Å². The van der Waals surface area contributed by atoms with Gasteiger partial charge in [0.1, 0.15) is 5.76 Å². The number of fused-ring (bicyclic) bond motifs is 1. The molecule has 1 aliphatic rings. The van der Waals surface area contributed by atoms with Crippen molar-refractivity contribution in [1.82, 2.24) is 5.32 Å². The van der Waals surface area contributed by atoms with E-state index in [9.17, 15) is 9.59 Å². The van der Waals surface area contributed by atoms with E-state index in [1.807, 2.05) is 37.3 Å². The molecule has 0 radical (unpaired) electrons. The Morgan fingerprint density at radius 2 is 1.85 bits per heavy atom. The molecule has 132 valence electrons. The number of nitrogens with one attached hydrogen (secondary N) is 1. The van der Waals surface area contributed by atoms with E-state index in [1.54, 1.807) is 25.1 Å². The van der Waals surface area contributed by atoms with Crippen LogP contribution in [0.2, 0.25) is 0 Å². The smallest absolute Gasteiger partial charge is 0.255 e. The number of para-hydroxylation sites is 1. The molecule has 2 aromatic carbocycles. The molecule has 1 heterocycles. The minimum atomic E-state index is -0.194. The SMILES string of the molecule is Cc1c(-c2ccccc2)oc2c(C(=O)N[C@@H](C)C3CC3)cccc2c1=O. The molecule has 1 aromatic heterocycles. The summed E-state index contributed by atoms with van der Waals surface area (Å²) >= 11 is 0. The molecule has 1 atom stereocenters. The van der Waals surface area contributed by atoms with Crippen LogP contribution in [0.3, 0.4) is 0 Å². The number of amides is 1. The topological polar surface area (TPSA) is 59.3 Å². The van der Waals surface area contributed by atoms with Gasteiger partial charge in [-0.2, -0.15) is 0 Å². The van der Waals surface area contributed by atoms with Crippen LogP contribution in [-0.2, 0) is 0 Å². The first-order valence-electron chi connectivity index (χ1n) is 8.99. The third-order valence-electron chi connectivity index (χ3n) is 5.11. The van der Waals surface area contributed by atoms with Gasteiger partial charge in [0.15, 0.2) is 11.0 Å². The largest absolute Gasteiger partial charge is 0.455 e. The van der Waals surface area contributed by atoms with Crippen molar-refractivity contribution in [3.05, 3.63) is 69.9 Å². The van der Waals surface area contributed by atoms with Crippen molar-refractivity contribution >= 4 is 16.9 Å². The summed E-state index contributed by atoms with van der Waals surface area (Å²) in [5.41, 5.74) is 2.03. The van der Waals surface area contributed by atoms with Crippen LogP contribution in [0.15, 0.2) is 57.7 Å². The van der Waals surface area contributed by atoms with Gasteiger partial charge in [-0.25, -0.2) is 0 Å². The van der Waals surface area contributed by atoms with Gasteiger partial charge in [0.05, 0.1) is 10.9 Å². The highest BCUT2D eigenvalue weighted by molar-refractivity contribution is 6.05. The molecule has 0 bridgehead atoms. The van der Waals surface area contributed by atoms with E-state index >= 15 is 0 Å². The highest BCUT2D eigenvalue weighted by Gasteiger charge is 2.29. The van der Waals surface area contributed by atoms with E-state index in [-0.39, 0.29) is 17.4 Å². The van der Waals surface area contributed by atoms with Crippen molar-refractivity contribution in [3.8, 4) is 11.3 Å². The van der Waals surface area contributed by atoms with Crippen LogP contribution >= 0.6 is 0 Å². The summed E-state index contributed by atoms with van der Waals surface area (Å²) in [6, 6.07) is 14.8. The number of rotatable bonds is 4. The lowest BCUT2D eigenvalue weighted by atomic mass is 10.0. The minimum Gasteiger partial charge on any atom is -0.455 e. The van der Waals surface area contributed by atoms with Crippen molar-refractivity contribution in [1.29, 1.82) is 0 Å². The number of carbonyl (C=O) groups is 1. The molecule has 4 nitrogen and oxygen atoms in total. The Kier molecular flexibility index (Phi) is 4.11. The summed E-state index contributed by atoms with van der Waals surface area (Å²) in [5.74, 6) is 0.877. The lowest BCUT2D eigenvalue weighted by Crippen LogP contribution is -2.34. The number of hydrogen-bond acceptors (Lipinski definition) is 3. The molecule has 26 heavy (non-hydrogen) atoms. The van der Waals surface area contributed by atoms with Crippen LogP contribution in [0.4, 0.5) is 0 Å². The summed E-state index contributed by atoms with van der Waals surface area (Å²) in [6.07, 6.45) is 2.31. The molecule has 1 saturated carbocycles. The average molecular weight is 347 g/mol. The third-order valence-corrected chi connectivity index (χ3v) is 5.11. The Morgan fingerprint density at radius 1 is 1.12 bits per heavy atom. The zero-order valence-electron chi connectivity index (χ0n) is 14.9. The van der Waals surface area contributed by atoms with E-state index in [2.05, 4.69) is 5.32 Å². The second-order valence-electron chi connectivity index (χ2n) is 7.03. The predicted octanol–water partition coefficient (Wildman–Crippen LogP) is 4.30. The average Bonchev–Trinajstić information content (AvgIpc) is 3.50. The van der Waals surface area contributed by atoms with E-state index in [0.717, 1.165) is 18.4 Å². The minimum absolute atomic E-state index is 0.102. The van der Waals surface area contributed by atoms with E-state index in [1.165, 1.54) is 0 Å². The van der Waals surface area contributed by atoms with Gasteiger partial charge in [-0.1, -0.05) is 36.4 Å². The third kappa shape index (κ3) is 2.92. The maximum atomic E-state index is 12.8. The van der Waals surface area contributed by atoms with E-state index < -0.39 is 0 Å². The number of carbonyl (C=O) groups excluding carboxylic acids is 1. The van der Waals surface area contributed by atoms with Crippen LogP contribution in [0.1, 0.15) is 35.7 Å². The van der Waals surface area contributed by atoms with Gasteiger partial charge >= 0.3 is 0 Å². The maximum absolute atomic E-state index is 12.8. The van der Waals surface area contributed by atoms with Gasteiger partial charge in [-0.15, -0.1) is 0 Å². The summed E-state index contributed by atoms with van der Waals surface area (Å²) in [6.45, 7) is 3.78. The van der Waals surface area contributed by atoms with Gasteiger partial charge < -0.3 is 9.73 Å². The van der Waals surface area contributed by atoms with Gasteiger partial charge in [-0.05, 0) is 44.7 Å². The summed E-state index contributed by atoms with van der Waals surface area (Å²) in [4.78, 5) is 25.6. The zero-order valence-corrected chi connectivity index (χ0v) is 14.9. The Bertz CT molecular complexity index is 1030. The molecule has 0 unspecified atom stereocenters. The second-order valence-corrected chi connectivity index (χ2v) is 7.03. The first-order chi connectivity index (χ1) is 12.6. The second kappa shape index (κ2) is 6.45. The first-order valence-corrected chi connectivity index (χ1v) is 8.99. The van der Waals surface area contributed by atoms with Crippen LogP contribution in [0.5, 0.6) is 0 Å². The normalized spacial score (nSPS) is 15.0. The maximum Gasteiger partial charge on any atom is 0.255 e. The molecule has 4 rings (SSSR count). The number of benzene rings is 2. The zero-order chi connectivity index (χ0) is 18.3. The summed E-state index contributed by atoms with van der Waals surface area (Å²) in [5, 5.41) is 3.48. The Hall–Kier alpha value is -2.88. The van der Waals surface area contributed by atoms with Gasteiger partial charge in [0, 0.05) is 17.2 Å². The molecular formula is C22H21NO3. The summed E-state index contributed by atoms with van der Waals surface area (Å²) in [7, 11) is 0. The molecule has 3 aromatic rings. The standard InChI is InChI=1S/C22H21NO3/c1-13-19(24)17-9-6-10-18(22(25)23-14(2)15-11-12-15)21(17)26-20(13)16-7-4-3-5-8-16/h3-10,14-15H,11-12H2,1-2H3,(H,23,25)/t14-/m0/s1. The van der Waals surface area contributed by atoms with Crippen molar-refractivity contribution < 1.29 is 9.21 Å². The fourth-order valence-electron chi connectivity index (χ4n) is 3.35. The van der Waals surface area contributed by atoms with Crippen molar-refractivity contribution in [3.63, 3.8) is 0 Å². The number of hydrogen-bond donors (Lipinski definition) is 1. The molecule has 1 N–H and O–H groups in total. The van der Waals surface area contributed by atoms with Crippen LogP contribution in [-0.4, -0.2) is 11.9 Å². The van der Waals surface area contributed by atoms with Crippen molar-refractivity contribution in [2.24, 2.45) is 5.92 Å². The first kappa shape index (κ1) is 16.6. The summed E-state index contributed by atoms with van der Waals surface area (Å²) < 4.78 is 6.11. The molecule has 1 amide bonds. The highest BCUT2D eigenvalue weighted by atomic mass is 16.3. The monoisotopic (exact) mass is 347 g/mol. The van der Waals surface area contributed by atoms with Gasteiger partial charge in [-0.3, -0.25) is 9.59 Å². The predicted molar refractivity (Wildman–Crippen MR) is 102 cm³/mol. The lowest BCUT2D eigenvalue weighted by molar-refractivity contribution is 0.0936. The quantitative estimate of drug-likeness (QED) is 0.765. The molecule has 1 aliphatic carbocycles. The lowest BCUT2D eigenvalue weighted by Gasteiger charge is -2.14. The fourth-order valence-corrected chi connectivity index (χ4v) is 3.35. The van der Waals surface area contributed by atoms with Crippen molar-refractivity contribution in [2.75, 3.05) is 0 Å². The van der Waals surface area contributed by atoms with E-state index in [4.69, 9.17) is 4.42 Å². The van der Waals surface area contributed by atoms with Crippen LogP contribution in [0.25, 0.3) is 22.3 Å². The molecule has 0 spiro atoms. The van der Waals surface area contributed by atoms with E-state index in [0.29, 0.717) is 33.8 Å². The Balaban J connectivity index is 1.85. The molecule has 0 saturated heterocycles. The fraction of sp³-hybridized carbons (Fsp3) is 0.273. The van der Waals surface area contributed by atoms with Crippen LogP contribution < -0.4 is 10.7 Å². The van der Waals surface area contributed by atoms with Crippen molar-refractivity contribution in [2.45, 2.75) is 32.7 Å². The Morgan fingerprint density at radius 3 is 2.54 bits per heavy atom. The Labute approximate surface area is 151 Å². The molecule has 4 heteroatoms. The van der Waals surface area contributed by atoms with Gasteiger partial charge in [0.2, 0.25) is 0 Å². The van der Waals surface area contributed by atoms with Gasteiger partial charge in [0.25, 0.3) is 5.91 Å². The highest BCUT2D eigenvalue weighted by Crippen LogP contribution is 2.33. The molecular weight excluding hydrogens is 326 g/mol.